The maximum Gasteiger partial charge on any atom is 0.138 e. The number of ether oxygens (including phenoxy) is 1. The molecule has 1 aromatic rings. The minimum atomic E-state index is -1.05. The Bertz CT molecular complexity index is 337. The minimum absolute atomic E-state index is 0.308. The summed E-state index contributed by atoms with van der Waals surface area (Å²) in [6.07, 6.45) is -1.14. The van der Waals surface area contributed by atoms with Gasteiger partial charge in [-0.05, 0) is 12.1 Å². The molecule has 1 aliphatic heterocycles. The van der Waals surface area contributed by atoms with Crippen molar-refractivity contribution in [3.8, 4) is 0 Å². The minimum Gasteiger partial charge on any atom is -0.394 e. The number of hydrogen-bond donors (Lipinski definition) is 3. The van der Waals surface area contributed by atoms with E-state index in [4.69, 9.17) is 9.84 Å². The van der Waals surface area contributed by atoms with Gasteiger partial charge in [-0.25, -0.2) is 4.98 Å². The number of hydrogen-bond acceptors (Lipinski definition) is 6. The summed E-state index contributed by atoms with van der Waals surface area (Å²) in [5.74, 6) is 0. The van der Waals surface area contributed by atoms with E-state index in [9.17, 15) is 10.2 Å². The van der Waals surface area contributed by atoms with Crippen LogP contribution < -0.4 is 0 Å². The van der Waals surface area contributed by atoms with E-state index in [-0.39, 0.29) is 6.61 Å². The Morgan fingerprint density at radius 3 is 2.69 bits per heavy atom. The fourth-order valence-corrected chi connectivity index (χ4v) is 2.51. The molecule has 1 fully saturated rings. The van der Waals surface area contributed by atoms with Crippen molar-refractivity contribution in [2.45, 2.75) is 28.8 Å². The summed E-state index contributed by atoms with van der Waals surface area (Å²) in [6.45, 7) is -0.308. The van der Waals surface area contributed by atoms with Crippen LogP contribution in [0.25, 0.3) is 0 Å². The van der Waals surface area contributed by atoms with Crippen LogP contribution in [0.4, 0.5) is 0 Å². The summed E-state index contributed by atoms with van der Waals surface area (Å²) in [6, 6.07) is 5.41. The van der Waals surface area contributed by atoms with Gasteiger partial charge in [-0.2, -0.15) is 0 Å². The fourth-order valence-electron chi connectivity index (χ4n) is 1.50. The van der Waals surface area contributed by atoms with Crippen molar-refractivity contribution in [3.63, 3.8) is 0 Å². The summed E-state index contributed by atoms with van der Waals surface area (Å²) < 4.78 is 5.31. The molecule has 0 radical (unpaired) electrons. The Morgan fingerprint density at radius 2 is 2.12 bits per heavy atom. The maximum atomic E-state index is 9.69. The number of thioether (sulfide) groups is 1. The zero-order valence-corrected chi connectivity index (χ0v) is 9.25. The van der Waals surface area contributed by atoms with Crippen molar-refractivity contribution in [1.82, 2.24) is 4.98 Å². The Hall–Kier alpha value is -0.660. The number of nitrogens with zero attached hydrogens (tertiary/aromatic N) is 1. The van der Waals surface area contributed by atoms with E-state index in [0.29, 0.717) is 5.03 Å². The van der Waals surface area contributed by atoms with Crippen LogP contribution in [0.5, 0.6) is 0 Å². The van der Waals surface area contributed by atoms with Crippen LogP contribution >= 0.6 is 11.8 Å². The van der Waals surface area contributed by atoms with Gasteiger partial charge in [0.25, 0.3) is 0 Å². The Morgan fingerprint density at radius 1 is 1.31 bits per heavy atom. The molecule has 88 valence electrons. The van der Waals surface area contributed by atoms with E-state index in [1.807, 2.05) is 6.07 Å². The van der Waals surface area contributed by atoms with Crippen LogP contribution in [0.3, 0.4) is 0 Å². The quantitative estimate of drug-likeness (QED) is 0.671. The Labute approximate surface area is 97.1 Å². The molecule has 0 amide bonds. The summed E-state index contributed by atoms with van der Waals surface area (Å²) in [4.78, 5) is 4.08. The first kappa shape index (κ1) is 11.8. The molecule has 0 bridgehead atoms. The highest BCUT2D eigenvalue weighted by Gasteiger charge is 2.42. The molecule has 5 nitrogen and oxygen atoms in total. The molecule has 1 aliphatic rings. The van der Waals surface area contributed by atoms with Gasteiger partial charge in [0, 0.05) is 6.20 Å². The SMILES string of the molecule is OC[C@H]1OC(Sc2ccccn2)[C@@H](O)[C@@H]1O. The number of rotatable bonds is 3. The van der Waals surface area contributed by atoms with Gasteiger partial charge in [-0.3, -0.25) is 0 Å². The largest absolute Gasteiger partial charge is 0.394 e. The smallest absolute Gasteiger partial charge is 0.138 e. The molecule has 2 rings (SSSR count). The van der Waals surface area contributed by atoms with Crippen molar-refractivity contribution in [3.05, 3.63) is 24.4 Å². The number of aliphatic hydroxyl groups excluding tert-OH is 3. The van der Waals surface area contributed by atoms with E-state index in [1.165, 1.54) is 11.8 Å². The fraction of sp³-hybridized carbons (Fsp3) is 0.500. The summed E-state index contributed by atoms with van der Waals surface area (Å²) in [5.41, 5.74) is -0.595. The molecular weight excluding hydrogens is 230 g/mol. The van der Waals surface area contributed by atoms with Crippen molar-refractivity contribution in [2.75, 3.05) is 6.61 Å². The lowest BCUT2D eigenvalue weighted by atomic mass is 10.2. The van der Waals surface area contributed by atoms with Gasteiger partial charge in [-0.1, -0.05) is 17.8 Å². The van der Waals surface area contributed by atoms with Crippen LogP contribution in [0.15, 0.2) is 29.4 Å². The lowest BCUT2D eigenvalue weighted by Crippen LogP contribution is -2.33. The first-order valence-electron chi connectivity index (χ1n) is 4.92. The van der Waals surface area contributed by atoms with Crippen LogP contribution in [0, 0.1) is 0 Å². The van der Waals surface area contributed by atoms with E-state index in [0.717, 1.165) is 0 Å². The topological polar surface area (TPSA) is 82.8 Å². The van der Waals surface area contributed by atoms with Crippen molar-refractivity contribution in [2.24, 2.45) is 0 Å². The highest BCUT2D eigenvalue weighted by Crippen LogP contribution is 2.32. The molecule has 6 heteroatoms. The van der Waals surface area contributed by atoms with Crippen LogP contribution in [0.1, 0.15) is 0 Å². The van der Waals surface area contributed by atoms with Gasteiger partial charge < -0.3 is 20.1 Å². The van der Waals surface area contributed by atoms with E-state index >= 15 is 0 Å². The molecule has 1 saturated heterocycles. The average Bonchev–Trinajstić information content (AvgIpc) is 2.58. The standard InChI is InChI=1S/C10H13NO4S/c12-5-6-8(13)9(14)10(15-6)16-7-3-1-2-4-11-7/h1-4,6,8-10,12-14H,5H2/t6-,8-,9+,10?/m1/s1. The predicted octanol–water partition coefficient (Wildman–Crippen LogP) is -0.387. The molecule has 16 heavy (non-hydrogen) atoms. The molecule has 1 unspecified atom stereocenters. The van der Waals surface area contributed by atoms with Crippen molar-refractivity contribution in [1.29, 1.82) is 0 Å². The molecule has 0 saturated carbocycles. The third-order valence-corrected chi connectivity index (χ3v) is 3.48. The van der Waals surface area contributed by atoms with Gasteiger partial charge in [-0.15, -0.1) is 0 Å². The lowest BCUT2D eigenvalue weighted by Gasteiger charge is -2.12. The summed E-state index contributed by atoms with van der Waals surface area (Å²) in [7, 11) is 0. The van der Waals surface area contributed by atoms with E-state index < -0.39 is 23.7 Å². The first-order valence-corrected chi connectivity index (χ1v) is 5.80. The molecule has 2 heterocycles. The first-order chi connectivity index (χ1) is 7.72. The van der Waals surface area contributed by atoms with Gasteiger partial charge in [0.2, 0.25) is 0 Å². The molecule has 0 spiro atoms. The summed E-state index contributed by atoms with van der Waals surface area (Å²) in [5, 5.41) is 28.8. The monoisotopic (exact) mass is 243 g/mol. The molecule has 0 aliphatic carbocycles. The number of pyridine rings is 1. The van der Waals surface area contributed by atoms with Crippen LogP contribution in [0.2, 0.25) is 0 Å². The molecule has 4 atom stereocenters. The van der Waals surface area contributed by atoms with Gasteiger partial charge in [0.05, 0.1) is 11.6 Å². The lowest BCUT2D eigenvalue weighted by molar-refractivity contribution is -0.00809. The molecule has 0 aromatic carbocycles. The van der Waals surface area contributed by atoms with Crippen molar-refractivity contribution >= 4 is 11.8 Å². The second kappa shape index (κ2) is 5.11. The van der Waals surface area contributed by atoms with E-state index in [2.05, 4.69) is 4.98 Å². The van der Waals surface area contributed by atoms with Crippen molar-refractivity contribution < 1.29 is 20.1 Å². The number of aromatic nitrogens is 1. The highest BCUT2D eigenvalue weighted by atomic mass is 32.2. The number of aliphatic hydroxyl groups is 3. The predicted molar refractivity (Wildman–Crippen MR) is 57.9 cm³/mol. The van der Waals surface area contributed by atoms with Gasteiger partial charge in [0.15, 0.2) is 0 Å². The Kier molecular flexibility index (Phi) is 3.78. The highest BCUT2D eigenvalue weighted by molar-refractivity contribution is 7.99. The van der Waals surface area contributed by atoms with Crippen LogP contribution in [-0.2, 0) is 4.74 Å². The zero-order chi connectivity index (χ0) is 11.5. The normalized spacial score (nSPS) is 34.2. The van der Waals surface area contributed by atoms with Crippen LogP contribution in [-0.4, -0.2) is 50.7 Å². The van der Waals surface area contributed by atoms with Gasteiger partial charge >= 0.3 is 0 Å². The molecule has 3 N–H and O–H groups in total. The third-order valence-electron chi connectivity index (χ3n) is 2.37. The molecular formula is C10H13NO4S. The third kappa shape index (κ3) is 2.36. The maximum absolute atomic E-state index is 9.69. The zero-order valence-electron chi connectivity index (χ0n) is 8.43. The second-order valence-electron chi connectivity index (χ2n) is 3.49. The average molecular weight is 243 g/mol. The van der Waals surface area contributed by atoms with E-state index in [1.54, 1.807) is 18.3 Å². The van der Waals surface area contributed by atoms with Gasteiger partial charge in [0.1, 0.15) is 23.7 Å². The Balaban J connectivity index is 2.01. The summed E-state index contributed by atoms with van der Waals surface area (Å²) >= 11 is 1.23. The second-order valence-corrected chi connectivity index (χ2v) is 4.61. The molecule has 1 aromatic heterocycles.